The number of anilines is 1. The van der Waals surface area contributed by atoms with Crippen molar-refractivity contribution in [3.63, 3.8) is 0 Å². The van der Waals surface area contributed by atoms with E-state index in [4.69, 9.17) is 27.1 Å². The Balaban J connectivity index is 0.000000644. The molecule has 8 heteroatoms. The van der Waals surface area contributed by atoms with Crippen LogP contribution in [0.15, 0.2) is 24.3 Å². The summed E-state index contributed by atoms with van der Waals surface area (Å²) in [6, 6.07) is 7.16. The monoisotopic (exact) mass is 348 g/mol. The number of rotatable bonds is 1. The molecule has 0 saturated carbocycles. The highest BCUT2D eigenvalue weighted by Crippen LogP contribution is 2.28. The van der Waals surface area contributed by atoms with Gasteiger partial charge in [-0.1, -0.05) is 19.0 Å². The van der Waals surface area contributed by atoms with Crippen molar-refractivity contribution in [1.82, 2.24) is 4.98 Å². The molecule has 5 N–H and O–H groups in total. The summed E-state index contributed by atoms with van der Waals surface area (Å²) in [5.74, 6) is 0. The van der Waals surface area contributed by atoms with Crippen LogP contribution in [0.5, 0.6) is 0 Å². The zero-order valence-electron chi connectivity index (χ0n) is 11.9. The van der Waals surface area contributed by atoms with Gasteiger partial charge in [-0.15, -0.1) is 0 Å². The average Bonchev–Trinajstić information content (AvgIpc) is 2.23. The molecule has 2 rings (SSSR count). The first kappa shape index (κ1) is 20.8. The van der Waals surface area contributed by atoms with Crippen molar-refractivity contribution in [1.29, 1.82) is 0 Å². The summed E-state index contributed by atoms with van der Waals surface area (Å²) in [5, 5.41) is 11.4. The van der Waals surface area contributed by atoms with Gasteiger partial charge < -0.3 is 20.6 Å². The summed E-state index contributed by atoms with van der Waals surface area (Å²) in [7, 11) is -3.64. The number of halogens is 1. The smallest absolute Gasteiger partial charge is 0.322 e. The highest BCUT2D eigenvalue weighted by atomic mass is 35.5. The van der Waals surface area contributed by atoms with Gasteiger partial charge in [-0.2, -0.15) is 0 Å². The number of nitrogen functional groups attached to an aromatic ring is 1. The number of aliphatic hydroxyl groups is 1. The van der Waals surface area contributed by atoms with Gasteiger partial charge in [0.2, 0.25) is 0 Å². The largest absolute Gasteiger partial charge is 0.397 e. The van der Waals surface area contributed by atoms with Crippen molar-refractivity contribution in [2.24, 2.45) is 0 Å². The molecular weight excluding hydrogens is 327 g/mol. The Labute approximate surface area is 135 Å². The molecule has 0 saturated heterocycles. The quantitative estimate of drug-likeness (QED) is 0.588. The normalized spacial score (nSPS) is 11.4. The minimum atomic E-state index is -3.64. The van der Waals surface area contributed by atoms with Gasteiger partial charge in [-0.25, -0.2) is 4.98 Å². The molecule has 0 radical (unpaired) electrons. The van der Waals surface area contributed by atoms with Gasteiger partial charge >= 0.3 is 7.60 Å². The zero-order chi connectivity index (χ0) is 16.4. The van der Waals surface area contributed by atoms with Crippen LogP contribution in [-0.2, 0) is 10.2 Å². The van der Waals surface area contributed by atoms with E-state index in [0.717, 1.165) is 17.6 Å². The molecule has 2 aromatic rings. The molecule has 6 nitrogen and oxygen atoms in total. The average molecular weight is 349 g/mol. The maximum atomic E-state index is 9.92. The molecule has 0 bridgehead atoms. The third-order valence-electron chi connectivity index (χ3n) is 2.39. The molecule has 1 aromatic heterocycles. The van der Waals surface area contributed by atoms with Gasteiger partial charge in [0.25, 0.3) is 0 Å². The lowest BCUT2D eigenvalue weighted by Crippen LogP contribution is -2.19. The number of hydrogen-bond donors (Lipinski definition) is 4. The number of benzene rings is 1. The number of nitrogens with two attached hydrogens (primary N) is 1. The van der Waals surface area contributed by atoms with Gasteiger partial charge in [-0.3, -0.25) is 4.57 Å². The number of hydrogen-bond acceptors (Lipinski definition) is 4. The van der Waals surface area contributed by atoms with Gasteiger partial charge in [0.05, 0.1) is 16.9 Å². The Morgan fingerprint density at radius 1 is 1.27 bits per heavy atom. The zero-order valence-corrected chi connectivity index (χ0v) is 13.6. The van der Waals surface area contributed by atoms with E-state index in [0.29, 0.717) is 16.4 Å². The Morgan fingerprint density at radius 2 is 1.77 bits per heavy atom. The molecule has 0 fully saturated rings. The predicted molar refractivity (Wildman–Crippen MR) is 91.1 cm³/mol. The highest BCUT2D eigenvalue weighted by molar-refractivity contribution is 7.50. The van der Waals surface area contributed by atoms with Crippen LogP contribution in [0.3, 0.4) is 0 Å². The van der Waals surface area contributed by atoms with Gasteiger partial charge in [-0.05, 0) is 38.1 Å². The summed E-state index contributed by atoms with van der Waals surface area (Å²) in [4.78, 5) is 19.6. The maximum absolute atomic E-state index is 9.92. The van der Waals surface area contributed by atoms with E-state index in [-0.39, 0.29) is 7.43 Å². The second kappa shape index (κ2) is 7.40. The SMILES string of the molecule is C.CC(C)(O)c1nc2ccc(Cl)cc2cc1N.CP(=O)(O)O. The van der Waals surface area contributed by atoms with E-state index in [9.17, 15) is 9.67 Å². The summed E-state index contributed by atoms with van der Waals surface area (Å²) in [5.41, 5.74) is 6.55. The molecule has 1 heterocycles. The third-order valence-corrected chi connectivity index (χ3v) is 2.62. The fourth-order valence-electron chi connectivity index (χ4n) is 1.65. The summed E-state index contributed by atoms with van der Waals surface area (Å²) >= 11 is 5.88. The van der Waals surface area contributed by atoms with Crippen LogP contribution in [0.1, 0.15) is 27.0 Å². The fourth-order valence-corrected chi connectivity index (χ4v) is 1.83. The van der Waals surface area contributed by atoms with E-state index in [1.165, 1.54) is 0 Å². The van der Waals surface area contributed by atoms with E-state index in [1.807, 2.05) is 6.07 Å². The number of nitrogens with zero attached hydrogens (tertiary/aromatic N) is 1. The van der Waals surface area contributed by atoms with Crippen LogP contribution < -0.4 is 5.73 Å². The Morgan fingerprint density at radius 3 is 2.23 bits per heavy atom. The van der Waals surface area contributed by atoms with Crippen molar-refractivity contribution in [2.45, 2.75) is 26.9 Å². The van der Waals surface area contributed by atoms with Crippen molar-refractivity contribution in [3.05, 3.63) is 35.0 Å². The summed E-state index contributed by atoms with van der Waals surface area (Å²) < 4.78 is 9.33. The molecule has 0 aliphatic carbocycles. The second-order valence-electron chi connectivity index (χ2n) is 5.16. The fraction of sp³-hybridized carbons (Fsp3) is 0.357. The van der Waals surface area contributed by atoms with Crippen LogP contribution in [0.2, 0.25) is 5.02 Å². The molecule has 0 atom stereocenters. The minimum Gasteiger partial charge on any atom is -0.397 e. The summed E-state index contributed by atoms with van der Waals surface area (Å²) in [6.45, 7) is 4.17. The second-order valence-corrected chi connectivity index (χ2v) is 7.26. The van der Waals surface area contributed by atoms with Gasteiger partial charge in [0.1, 0.15) is 5.60 Å². The Bertz CT molecular complexity index is 687. The van der Waals surface area contributed by atoms with Crippen LogP contribution in [0.25, 0.3) is 10.9 Å². The molecule has 0 amide bonds. The minimum absolute atomic E-state index is 0. The van der Waals surface area contributed by atoms with Crippen molar-refractivity contribution < 1.29 is 19.5 Å². The Kier molecular flexibility index (Phi) is 7.00. The summed E-state index contributed by atoms with van der Waals surface area (Å²) in [6.07, 6.45) is 0. The van der Waals surface area contributed by atoms with E-state index in [1.54, 1.807) is 32.0 Å². The molecule has 1 aromatic carbocycles. The van der Waals surface area contributed by atoms with E-state index in [2.05, 4.69) is 4.98 Å². The molecule has 22 heavy (non-hydrogen) atoms. The van der Waals surface area contributed by atoms with Crippen LogP contribution in [0.4, 0.5) is 5.69 Å². The molecule has 0 aliphatic rings. The van der Waals surface area contributed by atoms with Crippen LogP contribution >= 0.6 is 19.2 Å². The lowest BCUT2D eigenvalue weighted by Gasteiger charge is -2.19. The lowest BCUT2D eigenvalue weighted by molar-refractivity contribution is 0.0751. The van der Waals surface area contributed by atoms with Crippen molar-refractivity contribution in [3.8, 4) is 0 Å². The van der Waals surface area contributed by atoms with Crippen LogP contribution in [-0.4, -0.2) is 26.5 Å². The molecule has 0 aliphatic heterocycles. The van der Waals surface area contributed by atoms with Gasteiger partial charge in [0, 0.05) is 17.1 Å². The lowest BCUT2D eigenvalue weighted by atomic mass is 10.0. The first-order valence-electron chi connectivity index (χ1n) is 5.99. The maximum Gasteiger partial charge on any atom is 0.322 e. The Hall–Kier alpha value is -1.17. The molecule has 124 valence electrons. The van der Waals surface area contributed by atoms with Gasteiger partial charge in [0.15, 0.2) is 0 Å². The molecule has 0 unspecified atom stereocenters. The molecular formula is C14H22ClN2O4P. The third kappa shape index (κ3) is 6.73. The van der Waals surface area contributed by atoms with Crippen molar-refractivity contribution >= 4 is 35.8 Å². The molecule has 0 spiro atoms. The van der Waals surface area contributed by atoms with E-state index < -0.39 is 13.2 Å². The first-order chi connectivity index (χ1) is 9.38. The van der Waals surface area contributed by atoms with Crippen LogP contribution in [0, 0.1) is 0 Å². The topological polar surface area (TPSA) is 117 Å². The first-order valence-corrected chi connectivity index (χ1v) is 8.43. The standard InChI is InChI=1S/C12H13ClN2O.CH5O3P.CH4/c1-12(2,16)11-9(14)6-7-5-8(13)3-4-10(7)15-11;1-5(2,3)4;/h3-6,16H,14H2,1-2H3;1H3,(H2,2,3,4);1H4. The predicted octanol–water partition coefficient (Wildman–Crippen LogP) is 3.13. The van der Waals surface area contributed by atoms with Crippen molar-refractivity contribution in [2.75, 3.05) is 12.4 Å². The highest BCUT2D eigenvalue weighted by Gasteiger charge is 2.21. The number of aromatic nitrogens is 1. The van der Waals surface area contributed by atoms with E-state index >= 15 is 0 Å². The number of fused-ring (bicyclic) bond motifs is 1. The number of pyridine rings is 1.